The molecule has 0 aromatic heterocycles. The number of rotatable bonds is 3. The van der Waals surface area contributed by atoms with Gasteiger partial charge in [-0.25, -0.2) is 0 Å². The van der Waals surface area contributed by atoms with Crippen LogP contribution >= 0.6 is 0 Å². The summed E-state index contributed by atoms with van der Waals surface area (Å²) in [6.07, 6.45) is 6.97. The Labute approximate surface area is 85.3 Å². The molecule has 0 amide bonds. The van der Waals surface area contributed by atoms with Gasteiger partial charge in [-0.15, -0.1) is 6.58 Å². The van der Waals surface area contributed by atoms with Crippen molar-refractivity contribution in [3.63, 3.8) is 0 Å². The Morgan fingerprint density at radius 3 is 2.86 bits per heavy atom. The number of fused-ring (bicyclic) bond motifs is 2. The highest BCUT2D eigenvalue weighted by atomic mass is 16.5. The first-order valence-electron chi connectivity index (χ1n) is 5.50. The number of allylic oxidation sites excluding steroid dienone is 1. The van der Waals surface area contributed by atoms with Gasteiger partial charge in [0.1, 0.15) is 6.10 Å². The minimum atomic E-state index is -0.128. The van der Waals surface area contributed by atoms with Crippen LogP contribution in [-0.4, -0.2) is 12.1 Å². The highest BCUT2D eigenvalue weighted by Crippen LogP contribution is 2.51. The second-order valence-electron chi connectivity index (χ2n) is 4.60. The van der Waals surface area contributed by atoms with Crippen molar-refractivity contribution in [2.75, 3.05) is 0 Å². The molecule has 4 atom stereocenters. The third-order valence-electron chi connectivity index (χ3n) is 3.75. The van der Waals surface area contributed by atoms with Crippen LogP contribution in [0.1, 0.15) is 32.6 Å². The van der Waals surface area contributed by atoms with Crippen molar-refractivity contribution in [3.05, 3.63) is 12.7 Å². The highest BCUT2D eigenvalue weighted by Gasteiger charge is 2.48. The zero-order chi connectivity index (χ0) is 10.1. The van der Waals surface area contributed by atoms with E-state index in [1.54, 1.807) is 0 Å². The molecule has 0 radical (unpaired) electrons. The molecule has 0 spiro atoms. The van der Waals surface area contributed by atoms with Crippen LogP contribution < -0.4 is 0 Å². The first-order valence-corrected chi connectivity index (χ1v) is 5.50. The van der Waals surface area contributed by atoms with E-state index in [1.165, 1.54) is 26.2 Å². The van der Waals surface area contributed by atoms with E-state index in [1.807, 2.05) is 6.08 Å². The molecule has 2 saturated carbocycles. The number of hydrogen-bond donors (Lipinski definition) is 0. The van der Waals surface area contributed by atoms with Gasteiger partial charge in [0.2, 0.25) is 0 Å². The fourth-order valence-corrected chi connectivity index (χ4v) is 3.25. The molecule has 2 fully saturated rings. The quantitative estimate of drug-likeness (QED) is 0.510. The fourth-order valence-electron chi connectivity index (χ4n) is 3.25. The van der Waals surface area contributed by atoms with Gasteiger partial charge in [-0.1, -0.05) is 6.08 Å². The molecule has 0 aromatic carbocycles. The maximum atomic E-state index is 11.0. The molecule has 0 saturated heterocycles. The van der Waals surface area contributed by atoms with Crippen LogP contribution in [0.15, 0.2) is 12.7 Å². The Hall–Kier alpha value is -0.790. The van der Waals surface area contributed by atoms with Crippen molar-refractivity contribution in [2.45, 2.75) is 38.7 Å². The van der Waals surface area contributed by atoms with Gasteiger partial charge in [0.15, 0.2) is 0 Å². The van der Waals surface area contributed by atoms with Crippen LogP contribution in [0.3, 0.4) is 0 Å². The second-order valence-corrected chi connectivity index (χ2v) is 4.60. The van der Waals surface area contributed by atoms with Gasteiger partial charge in [0.05, 0.1) is 0 Å². The molecule has 0 N–H and O–H groups in total. The van der Waals surface area contributed by atoms with Gasteiger partial charge in [-0.3, -0.25) is 4.79 Å². The molecule has 78 valence electrons. The van der Waals surface area contributed by atoms with E-state index in [0.717, 1.165) is 12.3 Å². The smallest absolute Gasteiger partial charge is 0.302 e. The molecule has 0 aliphatic heterocycles. The molecule has 0 heterocycles. The molecule has 2 aliphatic carbocycles. The molecule has 14 heavy (non-hydrogen) atoms. The van der Waals surface area contributed by atoms with Gasteiger partial charge in [-0.05, 0) is 37.5 Å². The summed E-state index contributed by atoms with van der Waals surface area (Å²) in [7, 11) is 0. The van der Waals surface area contributed by atoms with Crippen molar-refractivity contribution in [2.24, 2.45) is 17.8 Å². The molecule has 2 aliphatic rings. The molecular weight excluding hydrogens is 176 g/mol. The van der Waals surface area contributed by atoms with E-state index in [4.69, 9.17) is 4.74 Å². The van der Waals surface area contributed by atoms with Gasteiger partial charge < -0.3 is 4.74 Å². The molecule has 2 rings (SSSR count). The lowest BCUT2D eigenvalue weighted by molar-refractivity contribution is -0.151. The molecule has 4 unspecified atom stereocenters. The second kappa shape index (κ2) is 3.76. The van der Waals surface area contributed by atoms with Crippen molar-refractivity contribution in [3.8, 4) is 0 Å². The Balaban J connectivity index is 2.05. The van der Waals surface area contributed by atoms with E-state index in [2.05, 4.69) is 6.58 Å². The van der Waals surface area contributed by atoms with Crippen LogP contribution in [0.25, 0.3) is 0 Å². The summed E-state index contributed by atoms with van der Waals surface area (Å²) in [5, 5.41) is 0. The molecule has 2 nitrogen and oxygen atoms in total. The van der Waals surface area contributed by atoms with E-state index in [0.29, 0.717) is 11.8 Å². The lowest BCUT2D eigenvalue weighted by Gasteiger charge is -2.29. The molecule has 0 aromatic rings. The fraction of sp³-hybridized carbons (Fsp3) is 0.750. The number of hydrogen-bond acceptors (Lipinski definition) is 2. The molecule has 2 bridgehead atoms. The van der Waals surface area contributed by atoms with E-state index in [-0.39, 0.29) is 12.1 Å². The zero-order valence-electron chi connectivity index (χ0n) is 8.74. The Morgan fingerprint density at radius 1 is 1.50 bits per heavy atom. The first kappa shape index (κ1) is 9.75. The minimum absolute atomic E-state index is 0.128. The predicted octanol–water partition coefficient (Wildman–Crippen LogP) is 2.54. The lowest BCUT2D eigenvalue weighted by Crippen LogP contribution is -2.31. The van der Waals surface area contributed by atoms with Crippen LogP contribution in [0.5, 0.6) is 0 Å². The maximum absolute atomic E-state index is 11.0. The first-order chi connectivity index (χ1) is 6.72. The molecular formula is C12H18O2. The minimum Gasteiger partial charge on any atom is -0.462 e. The number of carbonyl (C=O) groups is 1. The Morgan fingerprint density at radius 2 is 2.21 bits per heavy atom. The lowest BCUT2D eigenvalue weighted by atomic mass is 9.84. The SMILES string of the molecule is C=CCC1C2CCC(C2)C1OC(C)=O. The summed E-state index contributed by atoms with van der Waals surface area (Å²) in [4.78, 5) is 11.0. The highest BCUT2D eigenvalue weighted by molar-refractivity contribution is 5.66. The summed E-state index contributed by atoms with van der Waals surface area (Å²) in [6.45, 7) is 5.29. The average Bonchev–Trinajstić information content (AvgIpc) is 2.68. The summed E-state index contributed by atoms with van der Waals surface area (Å²) in [5.41, 5.74) is 0. The summed E-state index contributed by atoms with van der Waals surface area (Å²) >= 11 is 0. The van der Waals surface area contributed by atoms with E-state index < -0.39 is 0 Å². The van der Waals surface area contributed by atoms with Gasteiger partial charge in [0, 0.05) is 12.8 Å². The van der Waals surface area contributed by atoms with Crippen molar-refractivity contribution >= 4 is 5.97 Å². The van der Waals surface area contributed by atoms with E-state index >= 15 is 0 Å². The van der Waals surface area contributed by atoms with Crippen LogP contribution in [0.4, 0.5) is 0 Å². The topological polar surface area (TPSA) is 26.3 Å². The number of carbonyl (C=O) groups excluding carboxylic acids is 1. The van der Waals surface area contributed by atoms with Crippen molar-refractivity contribution in [1.82, 2.24) is 0 Å². The van der Waals surface area contributed by atoms with Crippen molar-refractivity contribution in [1.29, 1.82) is 0 Å². The van der Waals surface area contributed by atoms with Crippen LogP contribution in [0, 0.1) is 17.8 Å². The molecule has 2 heteroatoms. The third-order valence-corrected chi connectivity index (χ3v) is 3.75. The summed E-state index contributed by atoms with van der Waals surface area (Å²) < 4.78 is 5.42. The zero-order valence-corrected chi connectivity index (χ0v) is 8.74. The number of ether oxygens (including phenoxy) is 1. The van der Waals surface area contributed by atoms with E-state index in [9.17, 15) is 4.79 Å². The normalized spacial score (nSPS) is 39.8. The summed E-state index contributed by atoms with van der Waals surface area (Å²) in [5.74, 6) is 1.84. The largest absolute Gasteiger partial charge is 0.462 e. The van der Waals surface area contributed by atoms with Crippen molar-refractivity contribution < 1.29 is 9.53 Å². The van der Waals surface area contributed by atoms with Gasteiger partial charge in [0.25, 0.3) is 0 Å². The predicted molar refractivity (Wildman–Crippen MR) is 54.7 cm³/mol. The monoisotopic (exact) mass is 194 g/mol. The van der Waals surface area contributed by atoms with Gasteiger partial charge in [-0.2, -0.15) is 0 Å². The third kappa shape index (κ3) is 1.58. The number of esters is 1. The van der Waals surface area contributed by atoms with Crippen LogP contribution in [-0.2, 0) is 9.53 Å². The van der Waals surface area contributed by atoms with Crippen LogP contribution in [0.2, 0.25) is 0 Å². The maximum Gasteiger partial charge on any atom is 0.302 e. The Kier molecular flexibility index (Phi) is 2.62. The standard InChI is InChI=1S/C12H18O2/c1-3-4-11-9-5-6-10(7-9)12(11)14-8(2)13/h3,9-12H,1,4-7H2,2H3. The Bertz CT molecular complexity index is 247. The van der Waals surface area contributed by atoms with Gasteiger partial charge >= 0.3 is 5.97 Å². The average molecular weight is 194 g/mol. The summed E-state index contributed by atoms with van der Waals surface area (Å²) in [6, 6.07) is 0.